The summed E-state index contributed by atoms with van der Waals surface area (Å²) in [4.78, 5) is 26.0. The average Bonchev–Trinajstić information content (AvgIpc) is 2.44. The van der Waals surface area contributed by atoms with E-state index in [-0.39, 0.29) is 23.8 Å². The third-order valence-electron chi connectivity index (χ3n) is 3.68. The molecule has 1 heterocycles. The summed E-state index contributed by atoms with van der Waals surface area (Å²) >= 11 is 0. The molecule has 2 atom stereocenters. The maximum absolute atomic E-state index is 12.1. The highest BCUT2D eigenvalue weighted by molar-refractivity contribution is 5.81. The van der Waals surface area contributed by atoms with Gasteiger partial charge in [-0.2, -0.15) is 0 Å². The predicted molar refractivity (Wildman–Crippen MR) is 78.2 cm³/mol. The van der Waals surface area contributed by atoms with Crippen molar-refractivity contribution in [1.82, 2.24) is 10.2 Å². The number of likely N-dealkylation sites (tertiary alicyclic amines) is 1. The van der Waals surface area contributed by atoms with Crippen LogP contribution in [0.3, 0.4) is 0 Å². The second kappa shape index (κ2) is 8.25. The minimum Gasteiger partial charge on any atom is -0.466 e. The van der Waals surface area contributed by atoms with Crippen LogP contribution >= 0.6 is 0 Å². The zero-order valence-corrected chi connectivity index (χ0v) is 13.1. The summed E-state index contributed by atoms with van der Waals surface area (Å²) in [6.07, 6.45) is 1.79. The number of amides is 1. The number of esters is 1. The minimum atomic E-state index is -0.189. The lowest BCUT2D eigenvalue weighted by molar-refractivity contribution is -0.151. The Morgan fingerprint density at radius 3 is 2.65 bits per heavy atom. The molecule has 0 aromatic heterocycles. The fourth-order valence-corrected chi connectivity index (χ4v) is 2.43. The van der Waals surface area contributed by atoms with Crippen molar-refractivity contribution in [2.24, 2.45) is 11.8 Å². The van der Waals surface area contributed by atoms with E-state index in [1.165, 1.54) is 0 Å². The Balaban J connectivity index is 2.49. The Kier molecular flexibility index (Phi) is 6.99. The van der Waals surface area contributed by atoms with Crippen LogP contribution in [0.2, 0.25) is 0 Å². The highest BCUT2D eigenvalue weighted by Crippen LogP contribution is 2.19. The van der Waals surface area contributed by atoms with Gasteiger partial charge < -0.3 is 10.1 Å². The Morgan fingerprint density at radius 1 is 1.35 bits per heavy atom. The number of hydrogen-bond donors (Lipinski definition) is 1. The van der Waals surface area contributed by atoms with Crippen LogP contribution in [0.15, 0.2) is 0 Å². The first-order valence-corrected chi connectivity index (χ1v) is 7.64. The van der Waals surface area contributed by atoms with Crippen LogP contribution in [0.5, 0.6) is 0 Å². The molecule has 1 amide bonds. The standard InChI is InChI=1S/C15H28N2O3/c1-5-20-15(19)13-7-6-8-17(10-13)12(4)14(18)16-9-11(2)3/h11-13H,5-10H2,1-4H3,(H,16,18)/t12?,13-/m1/s1. The minimum absolute atomic E-state index is 0.0446. The van der Waals surface area contributed by atoms with Crippen LogP contribution in [0.25, 0.3) is 0 Å². The molecule has 1 rings (SSSR count). The lowest BCUT2D eigenvalue weighted by Crippen LogP contribution is -2.50. The van der Waals surface area contributed by atoms with E-state index in [1.807, 2.05) is 13.8 Å². The quantitative estimate of drug-likeness (QED) is 0.750. The van der Waals surface area contributed by atoms with Gasteiger partial charge in [0.15, 0.2) is 0 Å². The average molecular weight is 284 g/mol. The van der Waals surface area contributed by atoms with Crippen LogP contribution in [0, 0.1) is 11.8 Å². The maximum atomic E-state index is 12.1. The fraction of sp³-hybridized carbons (Fsp3) is 0.867. The largest absolute Gasteiger partial charge is 0.466 e. The van der Waals surface area contributed by atoms with E-state index in [4.69, 9.17) is 4.74 Å². The lowest BCUT2D eigenvalue weighted by atomic mass is 9.97. The van der Waals surface area contributed by atoms with Crippen LogP contribution in [0.4, 0.5) is 0 Å². The lowest BCUT2D eigenvalue weighted by Gasteiger charge is -2.35. The second-order valence-electron chi connectivity index (χ2n) is 5.90. The normalized spacial score (nSPS) is 21.6. The van der Waals surface area contributed by atoms with E-state index in [1.54, 1.807) is 0 Å². The molecule has 0 aromatic carbocycles. The molecule has 0 saturated carbocycles. The third kappa shape index (κ3) is 5.12. The molecular weight excluding hydrogens is 256 g/mol. The van der Waals surface area contributed by atoms with Gasteiger partial charge in [0.1, 0.15) is 0 Å². The van der Waals surface area contributed by atoms with Crippen LogP contribution in [-0.4, -0.2) is 49.1 Å². The number of hydrogen-bond acceptors (Lipinski definition) is 4. The van der Waals surface area contributed by atoms with Gasteiger partial charge in [0, 0.05) is 13.1 Å². The number of nitrogens with one attached hydrogen (secondary N) is 1. The monoisotopic (exact) mass is 284 g/mol. The molecule has 116 valence electrons. The molecule has 1 N–H and O–H groups in total. The van der Waals surface area contributed by atoms with Crippen molar-refractivity contribution in [1.29, 1.82) is 0 Å². The van der Waals surface area contributed by atoms with Gasteiger partial charge in [-0.25, -0.2) is 0 Å². The smallest absolute Gasteiger partial charge is 0.310 e. The van der Waals surface area contributed by atoms with E-state index >= 15 is 0 Å². The molecule has 5 nitrogen and oxygen atoms in total. The van der Waals surface area contributed by atoms with E-state index < -0.39 is 0 Å². The molecular formula is C15H28N2O3. The number of rotatable bonds is 6. The Labute approximate surface area is 122 Å². The molecule has 0 aromatic rings. The second-order valence-corrected chi connectivity index (χ2v) is 5.90. The van der Waals surface area contributed by atoms with E-state index in [0.717, 1.165) is 19.4 Å². The maximum Gasteiger partial charge on any atom is 0.310 e. The van der Waals surface area contributed by atoms with E-state index in [2.05, 4.69) is 24.1 Å². The SMILES string of the molecule is CCOC(=O)[C@@H]1CCCN(C(C)C(=O)NCC(C)C)C1. The van der Waals surface area contributed by atoms with Gasteiger partial charge in [-0.1, -0.05) is 13.8 Å². The molecule has 1 aliphatic rings. The summed E-state index contributed by atoms with van der Waals surface area (Å²) in [5.74, 6) is 0.263. The van der Waals surface area contributed by atoms with Crippen molar-refractivity contribution in [3.63, 3.8) is 0 Å². The molecule has 0 aliphatic carbocycles. The van der Waals surface area contributed by atoms with Crippen molar-refractivity contribution in [3.8, 4) is 0 Å². The number of carbonyl (C=O) groups is 2. The molecule has 0 spiro atoms. The summed E-state index contributed by atoms with van der Waals surface area (Å²) < 4.78 is 5.08. The van der Waals surface area contributed by atoms with E-state index in [9.17, 15) is 9.59 Å². The molecule has 1 saturated heterocycles. The zero-order chi connectivity index (χ0) is 15.1. The zero-order valence-electron chi connectivity index (χ0n) is 13.1. The number of piperidine rings is 1. The summed E-state index contributed by atoms with van der Waals surface area (Å²) in [6.45, 7) is 10.5. The van der Waals surface area contributed by atoms with Crippen LogP contribution in [-0.2, 0) is 14.3 Å². The van der Waals surface area contributed by atoms with Crippen LogP contribution in [0.1, 0.15) is 40.5 Å². The molecule has 1 aliphatic heterocycles. The molecule has 1 unspecified atom stereocenters. The third-order valence-corrected chi connectivity index (χ3v) is 3.68. The highest BCUT2D eigenvalue weighted by Gasteiger charge is 2.31. The number of ether oxygens (including phenoxy) is 1. The van der Waals surface area contributed by atoms with Crippen molar-refractivity contribution >= 4 is 11.9 Å². The van der Waals surface area contributed by atoms with Gasteiger partial charge in [0.25, 0.3) is 0 Å². The summed E-state index contributed by atoms with van der Waals surface area (Å²) in [5, 5.41) is 2.95. The summed E-state index contributed by atoms with van der Waals surface area (Å²) in [7, 11) is 0. The topological polar surface area (TPSA) is 58.6 Å². The molecule has 0 bridgehead atoms. The predicted octanol–water partition coefficient (Wildman–Crippen LogP) is 1.42. The number of nitrogens with zero attached hydrogens (tertiary/aromatic N) is 1. The van der Waals surface area contributed by atoms with Gasteiger partial charge in [0.05, 0.1) is 18.6 Å². The molecule has 0 radical (unpaired) electrons. The Morgan fingerprint density at radius 2 is 2.05 bits per heavy atom. The van der Waals surface area contributed by atoms with Crippen molar-refractivity contribution < 1.29 is 14.3 Å². The van der Waals surface area contributed by atoms with Gasteiger partial charge in [-0.3, -0.25) is 14.5 Å². The number of carbonyl (C=O) groups excluding carboxylic acids is 2. The van der Waals surface area contributed by atoms with E-state index in [0.29, 0.717) is 25.6 Å². The summed E-state index contributed by atoms with van der Waals surface area (Å²) in [5.41, 5.74) is 0. The van der Waals surface area contributed by atoms with Crippen molar-refractivity contribution in [2.45, 2.75) is 46.6 Å². The molecule has 5 heteroatoms. The Bertz CT molecular complexity index is 331. The first-order valence-electron chi connectivity index (χ1n) is 7.64. The van der Waals surface area contributed by atoms with Crippen molar-refractivity contribution in [3.05, 3.63) is 0 Å². The molecule has 1 fully saturated rings. The highest BCUT2D eigenvalue weighted by atomic mass is 16.5. The van der Waals surface area contributed by atoms with Crippen LogP contribution < -0.4 is 5.32 Å². The van der Waals surface area contributed by atoms with Gasteiger partial charge in [-0.05, 0) is 39.2 Å². The first kappa shape index (κ1) is 17.0. The fourth-order valence-electron chi connectivity index (χ4n) is 2.43. The summed E-state index contributed by atoms with van der Waals surface area (Å²) in [6, 6.07) is -0.189. The van der Waals surface area contributed by atoms with Crippen molar-refractivity contribution in [2.75, 3.05) is 26.2 Å². The van der Waals surface area contributed by atoms with Gasteiger partial charge in [0.2, 0.25) is 5.91 Å². The van der Waals surface area contributed by atoms with Gasteiger partial charge >= 0.3 is 5.97 Å². The first-order chi connectivity index (χ1) is 9.45. The van der Waals surface area contributed by atoms with Gasteiger partial charge in [-0.15, -0.1) is 0 Å². The Hall–Kier alpha value is -1.10. The molecule has 20 heavy (non-hydrogen) atoms.